The van der Waals surface area contributed by atoms with Crippen molar-refractivity contribution in [2.75, 3.05) is 166 Å². The number of halogens is 2. The summed E-state index contributed by atoms with van der Waals surface area (Å²) in [6.45, 7) is 13.8. The number of hydrogen-bond acceptors (Lipinski definition) is 21. The summed E-state index contributed by atoms with van der Waals surface area (Å²) < 4.78 is 62.3. The Balaban J connectivity index is 0.668. The molecule has 4 aromatic rings. The Morgan fingerprint density at radius 1 is 0.748 bits per heavy atom. The summed E-state index contributed by atoms with van der Waals surface area (Å²) in [6.07, 6.45) is 4.54. The zero-order valence-corrected chi connectivity index (χ0v) is 67.8. The molecule has 9 N–H and O–H groups in total. The summed E-state index contributed by atoms with van der Waals surface area (Å²) in [5.41, 5.74) is 10.3. The molecule has 111 heavy (non-hydrogen) atoms. The van der Waals surface area contributed by atoms with Gasteiger partial charge in [0.25, 0.3) is 5.17 Å². The highest BCUT2D eigenvalue weighted by Gasteiger charge is 2.76. The maximum Gasteiger partial charge on any atom is 0.524 e. The Morgan fingerprint density at radius 2 is 1.29 bits per heavy atom. The molecule has 3 aromatic carbocycles. The molecule has 10 rings (SSSR count). The molecule has 2 bridgehead atoms. The number of H-pyrrole nitrogens is 1. The molecule has 3 saturated carbocycles. The van der Waals surface area contributed by atoms with E-state index in [1.54, 1.807) is 79.9 Å². The molecule has 1 saturated heterocycles. The second kappa shape index (κ2) is 40.0. The van der Waals surface area contributed by atoms with Gasteiger partial charge in [-0.15, -0.1) is 23.2 Å². The molecule has 37 heteroatoms. The molecule has 610 valence electrons. The molecule has 1 aromatic heterocycles. The number of rotatable bonds is 44. The number of amides is 10. The predicted octanol–water partition coefficient (Wildman–Crippen LogP) is 6.63. The molecular weight excluding hydrogens is 1540 g/mol. The standard InChI is InChI=1S/C74H102Cl2N11O21PS2/c1-44(2)63(82-58(88)15-20-100-22-24-102-26-28-104-30-31-105-29-27-103-25-23-101-21-19-85-59(89)34-57(111-8)67(85)92)66(91)81-52(10-9-16-78-70(77)95)65(90)80-51-13-11-48(12-14-51)40-106-71(96)83(6)17-18-84(7)72(110)107-56-33-54-62(60-45(3)37-79-64(56)60)50(36-76)39-87(54)69(94)74-41-73(42-74,43-74)68(93)86-38-49(35-75)61-47(5)46(4)55(32-53(61)86)108-109(97,98)99/h11-14,32-33,37,44,49-50,52,57,63,79H,9-10,15-31,34-36,38-43H2,1-8H3,(H,80,90)(H,81,91)(H,82,88)(H3,77,78,95)(H2,97,98,99)/t49-,50-,52+,57?,63+,73?,74?/m1/s1. The molecule has 4 heterocycles. The number of phosphoric acid groups is 1. The fraction of sp³-hybridized carbons (Fsp3) is 0.595. The van der Waals surface area contributed by atoms with Gasteiger partial charge in [0.05, 0.1) is 119 Å². The van der Waals surface area contributed by atoms with Gasteiger partial charge in [0, 0.05) is 113 Å². The van der Waals surface area contributed by atoms with Gasteiger partial charge in [-0.05, 0) is 123 Å². The maximum atomic E-state index is 14.9. The van der Waals surface area contributed by atoms with Crippen LogP contribution >= 0.6 is 55.0 Å². The Labute approximate surface area is 664 Å². The number of ether oxygens (including phenoxy) is 8. The first kappa shape index (κ1) is 87.5. The lowest BCUT2D eigenvalue weighted by Crippen LogP contribution is -2.73. The number of aromatic amines is 1. The van der Waals surface area contributed by atoms with Crippen LogP contribution in [0.5, 0.6) is 11.5 Å². The highest BCUT2D eigenvalue weighted by molar-refractivity contribution is 8.00. The van der Waals surface area contributed by atoms with E-state index in [2.05, 4.69) is 26.3 Å². The zero-order valence-electron chi connectivity index (χ0n) is 63.8. The van der Waals surface area contributed by atoms with Crippen molar-refractivity contribution in [3.8, 4) is 11.5 Å². The molecule has 4 fully saturated rings. The van der Waals surface area contributed by atoms with Crippen LogP contribution in [0.1, 0.15) is 104 Å². The summed E-state index contributed by atoms with van der Waals surface area (Å²) in [5, 5.41) is 11.4. The van der Waals surface area contributed by atoms with Crippen molar-refractivity contribution in [2.45, 2.75) is 115 Å². The summed E-state index contributed by atoms with van der Waals surface area (Å²) >= 11 is 20.4. The van der Waals surface area contributed by atoms with E-state index < -0.39 is 60.6 Å². The van der Waals surface area contributed by atoms with Crippen molar-refractivity contribution in [3.05, 3.63) is 76.0 Å². The summed E-state index contributed by atoms with van der Waals surface area (Å²) in [5.74, 6) is -2.27. The first-order chi connectivity index (χ1) is 52.9. The first-order valence-corrected chi connectivity index (χ1v) is 41.2. The van der Waals surface area contributed by atoms with Gasteiger partial charge >= 0.3 is 19.9 Å². The minimum atomic E-state index is -4.92. The van der Waals surface area contributed by atoms with Crippen molar-refractivity contribution in [1.82, 2.24) is 35.6 Å². The number of fused-ring (bicyclic) bond motifs is 4. The van der Waals surface area contributed by atoms with Gasteiger partial charge in [0.15, 0.2) is 5.75 Å². The second-order valence-electron chi connectivity index (χ2n) is 28.8. The largest absolute Gasteiger partial charge is 0.524 e. The van der Waals surface area contributed by atoms with Gasteiger partial charge in [0.1, 0.15) is 24.4 Å². The lowest BCUT2D eigenvalue weighted by atomic mass is 9.34. The van der Waals surface area contributed by atoms with E-state index in [4.69, 9.17) is 83.6 Å². The number of aryl methyl sites for hydroxylation is 1. The van der Waals surface area contributed by atoms with E-state index in [0.29, 0.717) is 118 Å². The van der Waals surface area contributed by atoms with Gasteiger partial charge < -0.3 is 94.0 Å². The molecule has 1 unspecified atom stereocenters. The van der Waals surface area contributed by atoms with E-state index in [9.17, 15) is 57.5 Å². The number of nitrogens with two attached hydrogens (primary N) is 1. The Kier molecular flexibility index (Phi) is 31.6. The lowest BCUT2D eigenvalue weighted by Gasteiger charge is -2.69. The monoisotopic (exact) mass is 1650 g/mol. The highest BCUT2D eigenvalue weighted by Crippen LogP contribution is 2.75. The molecule has 10 amide bonds. The fourth-order valence-electron chi connectivity index (χ4n) is 14.6. The number of likely N-dealkylation sites (tertiary alicyclic amines) is 1. The Bertz CT molecular complexity index is 4060. The number of benzene rings is 3. The van der Waals surface area contributed by atoms with Gasteiger partial charge in [-0.25, -0.2) is 14.2 Å². The quantitative estimate of drug-likeness (QED) is 0.00757. The molecule has 0 radical (unpaired) electrons. The number of thiocarbonyl (C=S) groups is 1. The number of aromatic nitrogens is 1. The number of imide groups is 1. The van der Waals surface area contributed by atoms with Crippen LogP contribution in [0.25, 0.3) is 10.9 Å². The second-order valence-corrected chi connectivity index (χ2v) is 31.9. The van der Waals surface area contributed by atoms with Gasteiger partial charge in [-0.2, -0.15) is 11.8 Å². The van der Waals surface area contributed by atoms with Crippen LogP contribution in [0.3, 0.4) is 0 Å². The van der Waals surface area contributed by atoms with E-state index >= 15 is 0 Å². The number of thioether (sulfide) groups is 1. The Morgan fingerprint density at radius 3 is 1.83 bits per heavy atom. The molecule has 3 aliphatic heterocycles. The topological polar surface area (TPSA) is 400 Å². The first-order valence-electron chi connectivity index (χ1n) is 36.9. The maximum absolute atomic E-state index is 14.9. The van der Waals surface area contributed by atoms with Crippen molar-refractivity contribution in [1.29, 1.82) is 0 Å². The van der Waals surface area contributed by atoms with Crippen LogP contribution in [0.15, 0.2) is 42.6 Å². The number of phosphoric ester groups is 1. The summed E-state index contributed by atoms with van der Waals surface area (Å²) in [6, 6.07) is 6.98. The van der Waals surface area contributed by atoms with Crippen LogP contribution in [-0.2, 0) is 77.9 Å². The summed E-state index contributed by atoms with van der Waals surface area (Å²) in [7, 11) is -1.63. The van der Waals surface area contributed by atoms with E-state index in [1.807, 2.05) is 26.3 Å². The Hall–Kier alpha value is -7.44. The van der Waals surface area contributed by atoms with Crippen molar-refractivity contribution in [3.63, 3.8) is 0 Å². The number of nitrogens with zero attached hydrogens (tertiary/aromatic N) is 5. The molecule has 3 aliphatic carbocycles. The molecular formula is C74H102Cl2N11O21PS2. The third-order valence-electron chi connectivity index (χ3n) is 20.6. The molecule has 0 spiro atoms. The van der Waals surface area contributed by atoms with Gasteiger partial charge in [0.2, 0.25) is 41.4 Å². The number of urea groups is 1. The smallest absolute Gasteiger partial charge is 0.445 e. The number of primary amides is 1. The predicted molar refractivity (Wildman–Crippen MR) is 419 cm³/mol. The number of likely N-dealkylation sites (N-methyl/N-ethyl adjacent to an activating group) is 2. The van der Waals surface area contributed by atoms with E-state index in [1.165, 1.54) is 27.6 Å². The molecule has 5 atom stereocenters. The van der Waals surface area contributed by atoms with Gasteiger partial charge in [-0.1, -0.05) is 26.0 Å². The van der Waals surface area contributed by atoms with Crippen LogP contribution in [0, 0.1) is 37.5 Å². The normalized spacial score (nSPS) is 19.4. The number of alkyl halides is 2. The molecule has 6 aliphatic rings. The fourth-order valence-corrected chi connectivity index (χ4v) is 16.3. The molecule has 32 nitrogen and oxygen atoms in total. The minimum Gasteiger partial charge on any atom is -0.445 e. The highest BCUT2D eigenvalue weighted by atomic mass is 35.5. The zero-order chi connectivity index (χ0) is 80.5. The number of nitrogens with one attached hydrogen (secondary N) is 5. The minimum absolute atomic E-state index is 0.0227. The number of hydrogen-bond donors (Lipinski definition) is 8. The SMILES string of the molecule is CSC1CC(=O)N(CCOCCOCCOCCOCCOCCOCCC(=O)N[C@H](C(=O)N[C@@H](CCCNC(N)=O)C(=O)Nc2ccc(COC(=O)N(C)CCN(C)C(=S)Oc3cc4c(c5c(C)c[nH]c35)[C@H](CCl)CN4C(=O)C34CC(C(=O)N5C[C@@H](CCl)c6c5cc(OP(=O)(O)O)c(C)c6C)(C3)C4)cc2)C(C)C)C1=O. The lowest BCUT2D eigenvalue weighted by molar-refractivity contribution is -0.205. The van der Waals surface area contributed by atoms with Crippen LogP contribution < -0.4 is 46.1 Å². The number of anilines is 3. The van der Waals surface area contributed by atoms with E-state index in [-0.39, 0.29) is 161 Å². The van der Waals surface area contributed by atoms with Crippen LogP contribution in [-0.4, -0.2) is 256 Å². The van der Waals surface area contributed by atoms with Crippen molar-refractivity contribution >= 4 is 142 Å². The van der Waals surface area contributed by atoms with Gasteiger partial charge in [-0.3, -0.25) is 48.2 Å². The van der Waals surface area contributed by atoms with Crippen LogP contribution in [0.4, 0.5) is 26.7 Å². The number of carbonyl (C=O) groups excluding carboxylic acids is 9. The average molecular weight is 1650 g/mol. The van der Waals surface area contributed by atoms with Crippen molar-refractivity contribution in [2.24, 2.45) is 22.5 Å². The third-order valence-corrected chi connectivity index (χ3v) is 23.1. The number of carbonyl (C=O) groups is 9. The van der Waals surface area contributed by atoms with Crippen molar-refractivity contribution < 1.29 is 99.9 Å². The van der Waals surface area contributed by atoms with Crippen LogP contribution in [0.2, 0.25) is 0 Å². The van der Waals surface area contributed by atoms with E-state index in [0.717, 1.165) is 27.6 Å². The average Bonchev–Trinajstić information content (AvgIpc) is 1.52. The third kappa shape index (κ3) is 22.1. The summed E-state index contributed by atoms with van der Waals surface area (Å²) in [4.78, 5) is 150.